The molecule has 0 radical (unpaired) electrons. The summed E-state index contributed by atoms with van der Waals surface area (Å²) in [5.41, 5.74) is 3.42. The molecule has 0 aliphatic heterocycles. The van der Waals surface area contributed by atoms with Gasteiger partial charge in [-0.05, 0) is 56.5 Å². The van der Waals surface area contributed by atoms with E-state index in [0.29, 0.717) is 17.3 Å². The lowest BCUT2D eigenvalue weighted by Crippen LogP contribution is -2.45. The minimum Gasteiger partial charge on any atom is -0.480 e. The number of aliphatic carboxylic acids is 1. The first kappa shape index (κ1) is 21.6. The molecular weight excluding hydrogens is 406 g/mol. The van der Waals surface area contributed by atoms with Crippen molar-refractivity contribution >= 4 is 27.8 Å². The van der Waals surface area contributed by atoms with Gasteiger partial charge in [-0.15, -0.1) is 0 Å². The summed E-state index contributed by atoms with van der Waals surface area (Å²) in [6, 6.07) is 9.39. The lowest BCUT2D eigenvalue weighted by atomic mass is 10.0. The van der Waals surface area contributed by atoms with Gasteiger partial charge < -0.3 is 10.1 Å². The molecule has 2 N–H and O–H groups in total. The number of fused-ring (bicyclic) bond motifs is 2. The van der Waals surface area contributed by atoms with Crippen LogP contribution in [0.25, 0.3) is 21.8 Å². The van der Waals surface area contributed by atoms with Crippen LogP contribution in [0.1, 0.15) is 55.5 Å². The van der Waals surface area contributed by atoms with E-state index in [1.165, 1.54) is 0 Å². The maximum atomic E-state index is 13.7. The fourth-order valence-corrected chi connectivity index (χ4v) is 4.75. The molecule has 2 heterocycles. The van der Waals surface area contributed by atoms with Crippen molar-refractivity contribution in [2.24, 2.45) is 0 Å². The molecule has 0 saturated heterocycles. The lowest BCUT2D eigenvalue weighted by Gasteiger charge is -2.22. The number of H-pyrrole nitrogens is 1. The van der Waals surface area contributed by atoms with Crippen LogP contribution >= 0.6 is 0 Å². The number of hydrogen-bond donors (Lipinski definition) is 2. The largest absolute Gasteiger partial charge is 0.480 e. The van der Waals surface area contributed by atoms with Gasteiger partial charge in [0.25, 0.3) is 5.56 Å². The van der Waals surface area contributed by atoms with E-state index in [4.69, 9.17) is 0 Å². The molecule has 7 nitrogen and oxygen atoms in total. The number of aryl methyl sites for hydroxylation is 2. The molecule has 2 atom stereocenters. The summed E-state index contributed by atoms with van der Waals surface area (Å²) in [5.74, 6) is -1.18. The molecule has 0 aliphatic carbocycles. The zero-order valence-corrected chi connectivity index (χ0v) is 18.7. The zero-order valence-electron chi connectivity index (χ0n) is 18.7. The molecule has 0 saturated carbocycles. The summed E-state index contributed by atoms with van der Waals surface area (Å²) in [4.78, 5) is 42.2. The van der Waals surface area contributed by atoms with E-state index in [0.717, 1.165) is 32.2 Å². The summed E-state index contributed by atoms with van der Waals surface area (Å²) < 4.78 is 2.46. The van der Waals surface area contributed by atoms with Gasteiger partial charge in [0.1, 0.15) is 6.04 Å². The van der Waals surface area contributed by atoms with Crippen molar-refractivity contribution in [3.63, 3.8) is 0 Å². The van der Waals surface area contributed by atoms with Crippen molar-refractivity contribution in [2.45, 2.75) is 52.6 Å². The summed E-state index contributed by atoms with van der Waals surface area (Å²) in [5, 5.41) is 11.1. The van der Waals surface area contributed by atoms with E-state index < -0.39 is 29.3 Å². The standard InChI is InChI=1S/C25H27N3O4/c1-5-8-21(24(30)31)28-23(29)17-9-6-7-10-20(17)27(25(28)32)16(4)18-13-26-19-12-14(2)11-15(3)22(18)19/h6-7,9-13,16,21,26H,5,8H2,1-4H3,(H,30,31)/t16?,21-/m1/s1. The van der Waals surface area contributed by atoms with Crippen LogP contribution in [0.4, 0.5) is 0 Å². The first-order chi connectivity index (χ1) is 15.3. The Hall–Kier alpha value is -3.61. The molecule has 7 heteroatoms. The van der Waals surface area contributed by atoms with Gasteiger partial charge in [-0.1, -0.05) is 31.5 Å². The van der Waals surface area contributed by atoms with E-state index in [2.05, 4.69) is 17.1 Å². The van der Waals surface area contributed by atoms with Crippen LogP contribution < -0.4 is 11.2 Å². The van der Waals surface area contributed by atoms with Crippen molar-refractivity contribution in [3.05, 3.63) is 80.1 Å². The van der Waals surface area contributed by atoms with E-state index in [1.54, 1.807) is 28.8 Å². The third-order valence-corrected chi connectivity index (χ3v) is 6.17. The van der Waals surface area contributed by atoms with Gasteiger partial charge in [0.2, 0.25) is 0 Å². The van der Waals surface area contributed by atoms with Crippen LogP contribution in [0.3, 0.4) is 0 Å². The molecule has 4 aromatic rings. The molecule has 1 unspecified atom stereocenters. The van der Waals surface area contributed by atoms with Gasteiger partial charge >= 0.3 is 11.7 Å². The number of aromatic nitrogens is 3. The van der Waals surface area contributed by atoms with Crippen molar-refractivity contribution in [1.29, 1.82) is 0 Å². The number of para-hydroxylation sites is 1. The Morgan fingerprint density at radius 2 is 1.84 bits per heavy atom. The van der Waals surface area contributed by atoms with E-state index in [9.17, 15) is 19.5 Å². The molecule has 4 rings (SSSR count). The molecule has 0 fully saturated rings. The van der Waals surface area contributed by atoms with Crippen LogP contribution in [0.15, 0.2) is 52.2 Å². The van der Waals surface area contributed by atoms with Gasteiger partial charge in [-0.25, -0.2) is 14.2 Å². The number of carboxylic acid groups (broad SMARTS) is 1. The highest BCUT2D eigenvalue weighted by Gasteiger charge is 2.27. The lowest BCUT2D eigenvalue weighted by molar-refractivity contribution is -0.141. The predicted octanol–water partition coefficient (Wildman–Crippen LogP) is 4.30. The van der Waals surface area contributed by atoms with Crippen molar-refractivity contribution in [1.82, 2.24) is 14.1 Å². The minimum absolute atomic E-state index is 0.197. The average Bonchev–Trinajstić information content (AvgIpc) is 3.17. The highest BCUT2D eigenvalue weighted by atomic mass is 16.4. The number of nitrogens with zero attached hydrogens (tertiary/aromatic N) is 2. The van der Waals surface area contributed by atoms with Crippen LogP contribution in [0.5, 0.6) is 0 Å². The van der Waals surface area contributed by atoms with Crippen LogP contribution in [0, 0.1) is 13.8 Å². The third kappa shape index (κ3) is 3.34. The number of carboxylic acids is 1. The second-order valence-electron chi connectivity index (χ2n) is 8.41. The average molecular weight is 434 g/mol. The summed E-state index contributed by atoms with van der Waals surface area (Å²) in [6.45, 7) is 7.80. The number of benzene rings is 2. The highest BCUT2D eigenvalue weighted by molar-refractivity contribution is 5.88. The van der Waals surface area contributed by atoms with Gasteiger partial charge in [0, 0.05) is 22.7 Å². The minimum atomic E-state index is -1.21. The smallest absolute Gasteiger partial charge is 0.332 e. The Bertz CT molecular complexity index is 1460. The van der Waals surface area contributed by atoms with Gasteiger partial charge in [0.05, 0.1) is 16.9 Å². The Balaban J connectivity index is 2.06. The fourth-order valence-electron chi connectivity index (χ4n) is 4.75. The third-order valence-electron chi connectivity index (χ3n) is 6.17. The van der Waals surface area contributed by atoms with Crippen LogP contribution in [0.2, 0.25) is 0 Å². The normalized spacial score (nSPS) is 13.5. The number of carbonyl (C=O) groups is 1. The van der Waals surface area contributed by atoms with Crippen molar-refractivity contribution in [2.75, 3.05) is 0 Å². The monoisotopic (exact) mass is 433 g/mol. The molecule has 0 bridgehead atoms. The molecule has 0 aliphatic rings. The van der Waals surface area contributed by atoms with E-state index in [1.807, 2.05) is 33.9 Å². The summed E-state index contributed by atoms with van der Waals surface area (Å²) in [7, 11) is 0. The maximum Gasteiger partial charge on any atom is 0.332 e. The number of aromatic amines is 1. The van der Waals surface area contributed by atoms with Crippen LogP contribution in [-0.4, -0.2) is 25.2 Å². The van der Waals surface area contributed by atoms with E-state index in [-0.39, 0.29) is 6.42 Å². The second kappa shape index (κ2) is 8.15. The highest BCUT2D eigenvalue weighted by Crippen LogP contribution is 2.31. The Morgan fingerprint density at radius 3 is 2.53 bits per heavy atom. The van der Waals surface area contributed by atoms with Gasteiger partial charge in [-0.2, -0.15) is 0 Å². The van der Waals surface area contributed by atoms with Crippen molar-refractivity contribution < 1.29 is 9.90 Å². The first-order valence-electron chi connectivity index (χ1n) is 10.8. The maximum absolute atomic E-state index is 13.7. The molecule has 0 spiro atoms. The molecular formula is C25H27N3O4. The predicted molar refractivity (Wildman–Crippen MR) is 126 cm³/mol. The topological polar surface area (TPSA) is 97.1 Å². The fraction of sp³-hybridized carbons (Fsp3) is 0.320. The number of hydrogen-bond acceptors (Lipinski definition) is 3. The van der Waals surface area contributed by atoms with Crippen molar-refractivity contribution in [3.8, 4) is 0 Å². The van der Waals surface area contributed by atoms with Gasteiger partial charge in [0.15, 0.2) is 0 Å². The Morgan fingerprint density at radius 1 is 1.12 bits per heavy atom. The molecule has 2 aromatic carbocycles. The Labute approximate surface area is 184 Å². The molecule has 0 amide bonds. The van der Waals surface area contributed by atoms with Gasteiger partial charge in [-0.3, -0.25) is 9.36 Å². The SMILES string of the molecule is CCC[C@H](C(=O)O)n1c(=O)c2ccccc2n(C(C)c2c[nH]c3cc(C)cc(C)c23)c1=O. The summed E-state index contributed by atoms with van der Waals surface area (Å²) in [6.07, 6.45) is 2.62. The number of nitrogens with one attached hydrogen (secondary N) is 1. The molecule has 166 valence electrons. The van der Waals surface area contributed by atoms with Crippen LogP contribution in [-0.2, 0) is 4.79 Å². The second-order valence-corrected chi connectivity index (χ2v) is 8.41. The Kier molecular flexibility index (Phi) is 5.50. The summed E-state index contributed by atoms with van der Waals surface area (Å²) >= 11 is 0. The zero-order chi connectivity index (χ0) is 23.2. The quantitative estimate of drug-likeness (QED) is 0.474. The van der Waals surface area contributed by atoms with E-state index >= 15 is 0 Å². The molecule has 2 aromatic heterocycles. The number of rotatable bonds is 6. The molecule has 32 heavy (non-hydrogen) atoms. The first-order valence-corrected chi connectivity index (χ1v) is 10.8.